The third-order valence-corrected chi connectivity index (χ3v) is 10.7. The number of hydrogen-bond donors (Lipinski definition) is 0. The molecular formula is C50H54N2. The summed E-state index contributed by atoms with van der Waals surface area (Å²) in [7, 11) is 0. The minimum atomic E-state index is -0.0121. The maximum atomic E-state index is 4.59. The molecule has 0 saturated carbocycles. The van der Waals surface area contributed by atoms with Crippen molar-refractivity contribution in [3.63, 3.8) is 0 Å². The van der Waals surface area contributed by atoms with Crippen LogP contribution in [0.15, 0.2) is 146 Å². The number of rotatable bonds is 11. The van der Waals surface area contributed by atoms with Crippen molar-refractivity contribution in [2.24, 2.45) is 0 Å². The first-order valence-electron chi connectivity index (χ1n) is 18.8. The topological polar surface area (TPSA) is 6.48 Å². The number of anilines is 4. The predicted octanol–water partition coefficient (Wildman–Crippen LogP) is 12.4. The summed E-state index contributed by atoms with van der Waals surface area (Å²) in [4.78, 5) is 4.93. The highest BCUT2D eigenvalue weighted by atomic mass is 15.2. The van der Waals surface area contributed by atoms with Crippen LogP contribution in [0.4, 0.5) is 22.7 Å². The lowest BCUT2D eigenvalue weighted by atomic mass is 9.82. The fourth-order valence-electron chi connectivity index (χ4n) is 7.19. The normalized spacial score (nSPS) is 12.8. The van der Waals surface area contributed by atoms with E-state index in [2.05, 4.69) is 217 Å². The van der Waals surface area contributed by atoms with E-state index in [9.17, 15) is 0 Å². The molecule has 0 aliphatic carbocycles. The molecule has 0 aliphatic heterocycles. The molecule has 0 saturated heterocycles. The van der Waals surface area contributed by atoms with Crippen LogP contribution in [0.5, 0.6) is 0 Å². The first-order valence-corrected chi connectivity index (χ1v) is 18.8. The molecule has 264 valence electrons. The number of benzene rings is 6. The van der Waals surface area contributed by atoms with Crippen LogP contribution in [0, 0.1) is 13.8 Å². The van der Waals surface area contributed by atoms with Crippen molar-refractivity contribution in [3.8, 4) is 0 Å². The van der Waals surface area contributed by atoms with E-state index in [0.717, 1.165) is 33.9 Å². The van der Waals surface area contributed by atoms with Gasteiger partial charge in [-0.2, -0.15) is 0 Å². The Morgan fingerprint density at radius 2 is 1.19 bits per heavy atom. The van der Waals surface area contributed by atoms with Gasteiger partial charge in [0.2, 0.25) is 0 Å². The number of hydrogen-bond acceptors (Lipinski definition) is 2. The van der Waals surface area contributed by atoms with Gasteiger partial charge < -0.3 is 9.80 Å². The fraction of sp³-hybridized carbons (Fsp3) is 0.240. The molecule has 0 spiro atoms. The van der Waals surface area contributed by atoms with Crippen LogP contribution in [0.1, 0.15) is 93.3 Å². The Hall–Kier alpha value is -5.34. The smallest absolute Gasteiger partial charge is 0.0615 e. The summed E-state index contributed by atoms with van der Waals surface area (Å²) >= 11 is 0. The Morgan fingerprint density at radius 1 is 0.615 bits per heavy atom. The summed E-state index contributed by atoms with van der Waals surface area (Å²) < 4.78 is 0. The SMILES string of the molecule is C=c1cccc/c1=C(/c1ccccc1C(C)N(c1ccc(C(C)C)cc1)c1cccc(C)c1)N(c1ccc(C(C)(C)CC)cc1)c1cccc(C)c1. The maximum Gasteiger partial charge on any atom is 0.0615 e. The lowest BCUT2D eigenvalue weighted by Crippen LogP contribution is -2.33. The molecule has 0 bridgehead atoms. The molecule has 0 amide bonds. The molecule has 2 heteroatoms. The van der Waals surface area contributed by atoms with Gasteiger partial charge in [-0.05, 0) is 120 Å². The molecule has 1 unspecified atom stereocenters. The van der Waals surface area contributed by atoms with E-state index in [4.69, 9.17) is 0 Å². The average Bonchev–Trinajstić information content (AvgIpc) is 3.14. The molecule has 52 heavy (non-hydrogen) atoms. The van der Waals surface area contributed by atoms with Crippen molar-refractivity contribution in [1.29, 1.82) is 0 Å². The molecule has 6 rings (SSSR count). The summed E-state index contributed by atoms with van der Waals surface area (Å²) in [5.41, 5.74) is 13.3. The number of nitrogens with zero attached hydrogens (tertiary/aromatic N) is 2. The molecule has 6 aromatic rings. The standard InChI is InChI=1S/C50H54N2/c1-10-50(8,9)41-27-31-43(32-28-41)52(45-21-16-18-37(5)34-45)49(46-22-12-11-19-38(46)6)48-24-14-13-23-47(48)39(7)51(44-20-15-17-36(4)33-44)42-29-25-40(26-30-42)35(2)3/h11-35,39H,6,10H2,1-5,7-9H3/b49-46+. The fourth-order valence-corrected chi connectivity index (χ4v) is 7.19. The highest BCUT2D eigenvalue weighted by molar-refractivity contribution is 5.89. The van der Waals surface area contributed by atoms with Crippen molar-refractivity contribution in [1.82, 2.24) is 0 Å². The van der Waals surface area contributed by atoms with Gasteiger partial charge in [0, 0.05) is 33.5 Å². The van der Waals surface area contributed by atoms with Crippen LogP contribution in [-0.4, -0.2) is 0 Å². The molecule has 0 fully saturated rings. The van der Waals surface area contributed by atoms with Gasteiger partial charge in [0.1, 0.15) is 0 Å². The van der Waals surface area contributed by atoms with Crippen LogP contribution >= 0.6 is 0 Å². The summed E-state index contributed by atoms with van der Waals surface area (Å²) in [5, 5.41) is 2.09. The highest BCUT2D eigenvalue weighted by Gasteiger charge is 2.27. The zero-order chi connectivity index (χ0) is 37.0. The molecule has 0 N–H and O–H groups in total. The predicted molar refractivity (Wildman–Crippen MR) is 226 cm³/mol. The van der Waals surface area contributed by atoms with Gasteiger partial charge in [-0.1, -0.05) is 138 Å². The molecule has 6 aromatic carbocycles. The Kier molecular flexibility index (Phi) is 10.9. The van der Waals surface area contributed by atoms with E-state index in [1.54, 1.807) is 0 Å². The largest absolute Gasteiger partial charge is 0.334 e. The summed E-state index contributed by atoms with van der Waals surface area (Å²) in [6, 6.07) is 53.5. The van der Waals surface area contributed by atoms with Gasteiger partial charge in [0.05, 0.1) is 11.7 Å². The van der Waals surface area contributed by atoms with E-state index in [1.165, 1.54) is 44.8 Å². The third-order valence-electron chi connectivity index (χ3n) is 10.7. The van der Waals surface area contributed by atoms with Gasteiger partial charge >= 0.3 is 0 Å². The first kappa shape index (κ1) is 36.5. The van der Waals surface area contributed by atoms with Crippen molar-refractivity contribution < 1.29 is 0 Å². The van der Waals surface area contributed by atoms with Crippen molar-refractivity contribution in [2.75, 3.05) is 9.80 Å². The second-order valence-electron chi connectivity index (χ2n) is 15.2. The van der Waals surface area contributed by atoms with Crippen molar-refractivity contribution >= 4 is 35.0 Å². The maximum absolute atomic E-state index is 4.59. The summed E-state index contributed by atoms with van der Waals surface area (Å²) in [6.07, 6.45) is 1.07. The van der Waals surface area contributed by atoms with E-state index in [-0.39, 0.29) is 11.5 Å². The Morgan fingerprint density at radius 3 is 1.81 bits per heavy atom. The minimum Gasteiger partial charge on any atom is -0.334 e. The van der Waals surface area contributed by atoms with Crippen LogP contribution in [-0.2, 0) is 5.41 Å². The van der Waals surface area contributed by atoms with E-state index in [1.807, 2.05) is 0 Å². The highest BCUT2D eigenvalue weighted by Crippen LogP contribution is 2.41. The van der Waals surface area contributed by atoms with Gasteiger partial charge in [-0.15, -0.1) is 0 Å². The van der Waals surface area contributed by atoms with Gasteiger partial charge in [0.15, 0.2) is 0 Å². The molecule has 0 radical (unpaired) electrons. The van der Waals surface area contributed by atoms with Crippen LogP contribution in [0.25, 0.3) is 12.3 Å². The van der Waals surface area contributed by atoms with Gasteiger partial charge in [-0.3, -0.25) is 0 Å². The third kappa shape index (κ3) is 7.63. The Balaban J connectivity index is 1.63. The van der Waals surface area contributed by atoms with E-state index in [0.29, 0.717) is 5.92 Å². The summed E-state index contributed by atoms with van der Waals surface area (Å²) in [5.74, 6) is 0.467. The quantitative estimate of drug-likeness (QED) is 0.134. The summed E-state index contributed by atoms with van der Waals surface area (Å²) in [6.45, 7) is 22.7. The van der Waals surface area contributed by atoms with Gasteiger partial charge in [-0.25, -0.2) is 0 Å². The molecule has 0 aliphatic rings. The second kappa shape index (κ2) is 15.5. The molecule has 0 heterocycles. The molecule has 1 atom stereocenters. The second-order valence-corrected chi connectivity index (χ2v) is 15.2. The van der Waals surface area contributed by atoms with Gasteiger partial charge in [0.25, 0.3) is 0 Å². The minimum absolute atomic E-state index is 0.0121. The Bertz CT molecular complexity index is 2240. The zero-order valence-electron chi connectivity index (χ0n) is 32.3. The molecule has 2 nitrogen and oxygen atoms in total. The first-order chi connectivity index (χ1) is 25.0. The Labute approximate surface area is 312 Å². The average molecular weight is 683 g/mol. The van der Waals surface area contributed by atoms with Crippen LogP contribution in [0.3, 0.4) is 0 Å². The number of aryl methyl sites for hydroxylation is 2. The van der Waals surface area contributed by atoms with Crippen LogP contribution < -0.4 is 20.2 Å². The van der Waals surface area contributed by atoms with E-state index >= 15 is 0 Å². The monoisotopic (exact) mass is 682 g/mol. The zero-order valence-corrected chi connectivity index (χ0v) is 32.3. The van der Waals surface area contributed by atoms with Crippen molar-refractivity contribution in [3.05, 3.63) is 189 Å². The lowest BCUT2D eigenvalue weighted by molar-refractivity contribution is 0.506. The molecular weight excluding hydrogens is 629 g/mol. The lowest BCUT2D eigenvalue weighted by Gasteiger charge is -2.36. The van der Waals surface area contributed by atoms with Crippen molar-refractivity contribution in [2.45, 2.75) is 79.2 Å². The van der Waals surface area contributed by atoms with Crippen LogP contribution in [0.2, 0.25) is 0 Å². The van der Waals surface area contributed by atoms with E-state index < -0.39 is 0 Å². The molecule has 0 aromatic heterocycles.